The van der Waals surface area contributed by atoms with Gasteiger partial charge in [0.1, 0.15) is 0 Å². The number of rotatable bonds is 7. The van der Waals surface area contributed by atoms with E-state index in [-0.39, 0.29) is 5.41 Å². The summed E-state index contributed by atoms with van der Waals surface area (Å²) in [4.78, 5) is 0. The van der Waals surface area contributed by atoms with E-state index in [9.17, 15) is 0 Å². The van der Waals surface area contributed by atoms with Gasteiger partial charge in [0.25, 0.3) is 0 Å². The largest absolute Gasteiger partial charge is 0.381 e. The molecule has 0 amide bonds. The van der Waals surface area contributed by atoms with Crippen molar-refractivity contribution in [3.63, 3.8) is 0 Å². The Balaban J connectivity index is 2.20. The van der Waals surface area contributed by atoms with Crippen molar-refractivity contribution >= 4 is 0 Å². The quantitative estimate of drug-likeness (QED) is 0.689. The van der Waals surface area contributed by atoms with Crippen molar-refractivity contribution in [3.05, 3.63) is 12.2 Å². The molecule has 2 heteroatoms. The normalized spacial score (nSPS) is 25.2. The fourth-order valence-electron chi connectivity index (χ4n) is 2.24. The van der Waals surface area contributed by atoms with E-state index >= 15 is 0 Å². The molecule has 0 spiro atoms. The van der Waals surface area contributed by atoms with Crippen molar-refractivity contribution in [1.82, 2.24) is 5.32 Å². The van der Waals surface area contributed by atoms with E-state index in [0.717, 1.165) is 38.1 Å². The Kier molecular flexibility index (Phi) is 6.21. The zero-order valence-corrected chi connectivity index (χ0v) is 12.0. The van der Waals surface area contributed by atoms with Gasteiger partial charge >= 0.3 is 0 Å². The first-order valence-corrected chi connectivity index (χ1v) is 6.98. The standard InChI is InChI=1S/C15H29NO/c1-5-16-11-15(3,4)12-17-10-14-9-7-6-8-13(14)2/h6-7,13-14,16H,5,8-12H2,1-4H3. The zero-order valence-electron chi connectivity index (χ0n) is 12.0. The summed E-state index contributed by atoms with van der Waals surface area (Å²) in [7, 11) is 0. The number of ether oxygens (including phenoxy) is 1. The smallest absolute Gasteiger partial charge is 0.0529 e. The average molecular weight is 239 g/mol. The molecule has 2 nitrogen and oxygen atoms in total. The van der Waals surface area contributed by atoms with Gasteiger partial charge in [0.05, 0.1) is 6.61 Å². The molecule has 2 unspecified atom stereocenters. The first-order valence-electron chi connectivity index (χ1n) is 6.98. The molecule has 2 atom stereocenters. The van der Waals surface area contributed by atoms with Crippen LogP contribution in [0.4, 0.5) is 0 Å². The predicted octanol–water partition coefficient (Wildman–Crippen LogP) is 3.24. The lowest BCUT2D eigenvalue weighted by molar-refractivity contribution is 0.0284. The van der Waals surface area contributed by atoms with Gasteiger partial charge in [0.2, 0.25) is 0 Å². The second-order valence-corrected chi connectivity index (χ2v) is 6.14. The van der Waals surface area contributed by atoms with Gasteiger partial charge in [-0.3, -0.25) is 0 Å². The lowest BCUT2D eigenvalue weighted by Crippen LogP contribution is -2.34. The van der Waals surface area contributed by atoms with Gasteiger partial charge in [-0.2, -0.15) is 0 Å². The minimum absolute atomic E-state index is 0.240. The van der Waals surface area contributed by atoms with Crippen molar-refractivity contribution in [2.45, 2.75) is 40.5 Å². The van der Waals surface area contributed by atoms with E-state index in [0.29, 0.717) is 0 Å². The second kappa shape index (κ2) is 7.17. The number of hydrogen-bond acceptors (Lipinski definition) is 2. The van der Waals surface area contributed by atoms with Crippen molar-refractivity contribution in [2.24, 2.45) is 17.3 Å². The summed E-state index contributed by atoms with van der Waals surface area (Å²) in [6.45, 7) is 12.8. The van der Waals surface area contributed by atoms with Crippen LogP contribution in [0.2, 0.25) is 0 Å². The molecule has 0 aliphatic heterocycles. The van der Waals surface area contributed by atoms with Crippen LogP contribution in [-0.4, -0.2) is 26.3 Å². The van der Waals surface area contributed by atoms with Crippen molar-refractivity contribution in [2.75, 3.05) is 26.3 Å². The molecular formula is C15H29NO. The molecule has 0 bridgehead atoms. The van der Waals surface area contributed by atoms with E-state index < -0.39 is 0 Å². The Bertz CT molecular complexity index is 235. The van der Waals surface area contributed by atoms with Gasteiger partial charge in [-0.25, -0.2) is 0 Å². The highest BCUT2D eigenvalue weighted by Crippen LogP contribution is 2.25. The van der Waals surface area contributed by atoms with Crippen LogP contribution in [0.1, 0.15) is 40.5 Å². The molecule has 1 aliphatic rings. The van der Waals surface area contributed by atoms with Crippen molar-refractivity contribution in [1.29, 1.82) is 0 Å². The van der Waals surface area contributed by atoms with E-state index in [1.54, 1.807) is 0 Å². The van der Waals surface area contributed by atoms with Crippen LogP contribution in [-0.2, 0) is 4.74 Å². The Morgan fingerprint density at radius 2 is 2.00 bits per heavy atom. The molecule has 0 heterocycles. The topological polar surface area (TPSA) is 21.3 Å². The summed E-state index contributed by atoms with van der Waals surface area (Å²) in [6.07, 6.45) is 7.01. The lowest BCUT2D eigenvalue weighted by Gasteiger charge is -2.29. The molecular weight excluding hydrogens is 210 g/mol. The summed E-state index contributed by atoms with van der Waals surface area (Å²) in [5.41, 5.74) is 0.240. The highest BCUT2D eigenvalue weighted by molar-refractivity contribution is 4.93. The molecule has 0 aromatic rings. The zero-order chi connectivity index (χ0) is 12.7. The highest BCUT2D eigenvalue weighted by atomic mass is 16.5. The summed E-state index contributed by atoms with van der Waals surface area (Å²) < 4.78 is 5.93. The highest BCUT2D eigenvalue weighted by Gasteiger charge is 2.21. The molecule has 0 saturated carbocycles. The predicted molar refractivity (Wildman–Crippen MR) is 74.2 cm³/mol. The number of hydrogen-bond donors (Lipinski definition) is 1. The van der Waals surface area contributed by atoms with Crippen LogP contribution in [0.15, 0.2) is 12.2 Å². The Morgan fingerprint density at radius 3 is 2.65 bits per heavy atom. The Hall–Kier alpha value is -0.340. The van der Waals surface area contributed by atoms with Crippen LogP contribution < -0.4 is 5.32 Å². The summed E-state index contributed by atoms with van der Waals surface area (Å²) in [5.74, 6) is 1.49. The van der Waals surface area contributed by atoms with Gasteiger partial charge in [-0.05, 0) is 31.2 Å². The third kappa shape index (κ3) is 5.69. The van der Waals surface area contributed by atoms with Crippen LogP contribution >= 0.6 is 0 Å². The van der Waals surface area contributed by atoms with Gasteiger partial charge in [0, 0.05) is 18.6 Å². The van der Waals surface area contributed by atoms with Gasteiger partial charge in [0.15, 0.2) is 0 Å². The SMILES string of the molecule is CCNCC(C)(C)COCC1CC=CCC1C. The molecule has 0 fully saturated rings. The number of allylic oxidation sites excluding steroid dienone is 2. The van der Waals surface area contributed by atoms with Crippen molar-refractivity contribution in [3.8, 4) is 0 Å². The van der Waals surface area contributed by atoms with Crippen LogP contribution in [0.25, 0.3) is 0 Å². The van der Waals surface area contributed by atoms with Crippen LogP contribution in [0.5, 0.6) is 0 Å². The average Bonchev–Trinajstić information content (AvgIpc) is 2.29. The summed E-state index contributed by atoms with van der Waals surface area (Å²) >= 11 is 0. The maximum Gasteiger partial charge on any atom is 0.0529 e. The van der Waals surface area contributed by atoms with Crippen LogP contribution in [0.3, 0.4) is 0 Å². The molecule has 17 heavy (non-hydrogen) atoms. The summed E-state index contributed by atoms with van der Waals surface area (Å²) in [5, 5.41) is 3.39. The van der Waals surface area contributed by atoms with E-state index in [2.05, 4.69) is 45.2 Å². The molecule has 0 aromatic carbocycles. The minimum atomic E-state index is 0.240. The molecule has 1 rings (SSSR count). The minimum Gasteiger partial charge on any atom is -0.381 e. The monoisotopic (exact) mass is 239 g/mol. The fraction of sp³-hybridized carbons (Fsp3) is 0.867. The van der Waals surface area contributed by atoms with Gasteiger partial charge in [-0.15, -0.1) is 0 Å². The molecule has 0 radical (unpaired) electrons. The molecule has 0 aromatic heterocycles. The van der Waals surface area contributed by atoms with Crippen LogP contribution in [0, 0.1) is 17.3 Å². The lowest BCUT2D eigenvalue weighted by atomic mass is 9.85. The van der Waals surface area contributed by atoms with Gasteiger partial charge < -0.3 is 10.1 Å². The Labute approximate surface area is 107 Å². The fourth-order valence-corrected chi connectivity index (χ4v) is 2.24. The van der Waals surface area contributed by atoms with Gasteiger partial charge in [-0.1, -0.05) is 39.8 Å². The molecule has 1 aliphatic carbocycles. The number of nitrogens with one attached hydrogen (secondary N) is 1. The second-order valence-electron chi connectivity index (χ2n) is 6.14. The third-order valence-corrected chi connectivity index (χ3v) is 3.60. The maximum atomic E-state index is 5.93. The van der Waals surface area contributed by atoms with E-state index in [1.807, 2.05) is 0 Å². The maximum absolute atomic E-state index is 5.93. The first-order chi connectivity index (χ1) is 8.05. The third-order valence-electron chi connectivity index (χ3n) is 3.60. The van der Waals surface area contributed by atoms with Crippen molar-refractivity contribution < 1.29 is 4.74 Å². The molecule has 100 valence electrons. The summed E-state index contributed by atoms with van der Waals surface area (Å²) in [6, 6.07) is 0. The van der Waals surface area contributed by atoms with E-state index in [4.69, 9.17) is 4.74 Å². The Morgan fingerprint density at radius 1 is 1.29 bits per heavy atom. The first kappa shape index (κ1) is 14.7. The van der Waals surface area contributed by atoms with E-state index in [1.165, 1.54) is 12.8 Å². The molecule has 0 saturated heterocycles. The molecule has 1 N–H and O–H groups in total.